The largest absolute Gasteiger partial charge is 0.381 e. The number of carbonyl (C=O) groups excluding carboxylic acids is 1. The van der Waals surface area contributed by atoms with Gasteiger partial charge in [0.05, 0.1) is 6.10 Å². The number of amides is 1. The summed E-state index contributed by atoms with van der Waals surface area (Å²) in [7, 11) is 1.97. The smallest absolute Gasteiger partial charge is 0.223 e. The number of rotatable bonds is 5. The molecule has 180 valence electrons. The maximum absolute atomic E-state index is 13.2. The SMILES string of the molecule is COC1C[C@H]2[C@@H]3CC[C@H]([C@H](C)C(=O)NCc4ccncc4)[C@@]3(C)CC[C@@H]2[C@@]2(C)CC[C@@H]3CC132. The van der Waals surface area contributed by atoms with E-state index in [0.29, 0.717) is 29.4 Å². The summed E-state index contributed by atoms with van der Waals surface area (Å²) in [6.45, 7) is 7.97. The molecule has 0 radical (unpaired) electrons. The van der Waals surface area contributed by atoms with Crippen molar-refractivity contribution in [2.75, 3.05) is 7.11 Å². The molecule has 1 aromatic heterocycles. The van der Waals surface area contributed by atoms with E-state index in [1.807, 2.05) is 19.2 Å². The number of ether oxygens (including phenoxy) is 1. The minimum Gasteiger partial charge on any atom is -0.381 e. The summed E-state index contributed by atoms with van der Waals surface area (Å²) >= 11 is 0. The molecule has 1 spiro atoms. The summed E-state index contributed by atoms with van der Waals surface area (Å²) < 4.78 is 6.26. The van der Waals surface area contributed by atoms with Crippen LogP contribution in [0.4, 0.5) is 0 Å². The number of aromatic nitrogens is 1. The zero-order chi connectivity index (χ0) is 23.0. The van der Waals surface area contributed by atoms with E-state index in [2.05, 4.69) is 31.1 Å². The van der Waals surface area contributed by atoms with Gasteiger partial charge >= 0.3 is 0 Å². The predicted molar refractivity (Wildman–Crippen MR) is 129 cm³/mol. The first-order valence-electron chi connectivity index (χ1n) is 13.5. The van der Waals surface area contributed by atoms with Crippen LogP contribution in [0.3, 0.4) is 0 Å². The fourth-order valence-corrected chi connectivity index (χ4v) is 10.5. The van der Waals surface area contributed by atoms with Crippen molar-refractivity contribution in [3.05, 3.63) is 30.1 Å². The number of fused-ring (bicyclic) bond motifs is 4. The maximum atomic E-state index is 13.2. The van der Waals surface area contributed by atoms with Gasteiger partial charge in [0.1, 0.15) is 0 Å². The summed E-state index contributed by atoms with van der Waals surface area (Å²) in [5.74, 6) is 4.11. The molecule has 1 heterocycles. The number of carbonyl (C=O) groups is 1. The second kappa shape index (κ2) is 7.54. The van der Waals surface area contributed by atoms with Crippen molar-refractivity contribution in [3.63, 3.8) is 0 Å². The Morgan fingerprint density at radius 1 is 1.15 bits per heavy atom. The molecule has 33 heavy (non-hydrogen) atoms. The van der Waals surface area contributed by atoms with Gasteiger partial charge in [-0.15, -0.1) is 0 Å². The van der Waals surface area contributed by atoms with Crippen molar-refractivity contribution < 1.29 is 9.53 Å². The molecule has 5 fully saturated rings. The van der Waals surface area contributed by atoms with E-state index in [1.54, 1.807) is 12.4 Å². The van der Waals surface area contributed by atoms with Gasteiger partial charge in [-0.2, -0.15) is 0 Å². The molecule has 5 saturated carbocycles. The van der Waals surface area contributed by atoms with E-state index in [-0.39, 0.29) is 17.2 Å². The van der Waals surface area contributed by atoms with E-state index in [9.17, 15) is 4.79 Å². The summed E-state index contributed by atoms with van der Waals surface area (Å²) in [5.41, 5.74) is 2.38. The molecule has 1 amide bonds. The lowest BCUT2D eigenvalue weighted by Crippen LogP contribution is -2.57. The first-order chi connectivity index (χ1) is 15.8. The van der Waals surface area contributed by atoms with Crippen molar-refractivity contribution in [3.8, 4) is 0 Å². The third kappa shape index (κ3) is 2.91. The molecule has 6 rings (SSSR count). The monoisotopic (exact) mass is 450 g/mol. The summed E-state index contributed by atoms with van der Waals surface area (Å²) in [6.07, 6.45) is 14.7. The number of pyridine rings is 1. The maximum Gasteiger partial charge on any atom is 0.223 e. The fourth-order valence-electron chi connectivity index (χ4n) is 10.5. The number of hydrogen-bond donors (Lipinski definition) is 1. The van der Waals surface area contributed by atoms with Gasteiger partial charge in [0.15, 0.2) is 0 Å². The van der Waals surface area contributed by atoms with E-state index in [4.69, 9.17) is 4.74 Å². The van der Waals surface area contributed by atoms with Gasteiger partial charge in [-0.1, -0.05) is 20.8 Å². The Balaban J connectivity index is 1.20. The molecule has 0 aliphatic heterocycles. The minimum absolute atomic E-state index is 0.0708. The highest BCUT2D eigenvalue weighted by Gasteiger charge is 2.77. The van der Waals surface area contributed by atoms with Crippen molar-refractivity contribution >= 4 is 5.91 Å². The predicted octanol–water partition coefficient (Wildman–Crippen LogP) is 5.62. The average Bonchev–Trinajstić information content (AvgIpc) is 3.34. The van der Waals surface area contributed by atoms with Crippen LogP contribution in [-0.4, -0.2) is 24.1 Å². The van der Waals surface area contributed by atoms with Crippen molar-refractivity contribution in [2.45, 2.75) is 84.8 Å². The summed E-state index contributed by atoms with van der Waals surface area (Å²) in [4.78, 5) is 17.3. The Labute approximate surface area is 199 Å². The normalized spacial score (nSPS) is 48.2. The van der Waals surface area contributed by atoms with E-state index < -0.39 is 0 Å². The number of nitrogens with one attached hydrogen (secondary N) is 1. The van der Waals surface area contributed by atoms with Crippen molar-refractivity contribution in [2.24, 2.45) is 51.8 Å². The van der Waals surface area contributed by atoms with Gasteiger partial charge < -0.3 is 10.1 Å². The zero-order valence-electron chi connectivity index (χ0n) is 21.0. The van der Waals surface area contributed by atoms with Gasteiger partial charge in [-0.05, 0) is 109 Å². The Bertz CT molecular complexity index is 919. The first-order valence-corrected chi connectivity index (χ1v) is 13.5. The third-order valence-electron chi connectivity index (χ3n) is 12.1. The van der Waals surface area contributed by atoms with Crippen molar-refractivity contribution in [1.29, 1.82) is 0 Å². The van der Waals surface area contributed by atoms with Crippen molar-refractivity contribution in [1.82, 2.24) is 10.3 Å². The summed E-state index contributed by atoms with van der Waals surface area (Å²) in [6, 6.07) is 3.96. The third-order valence-corrected chi connectivity index (χ3v) is 12.1. The van der Waals surface area contributed by atoms with Crippen LogP contribution in [0.15, 0.2) is 24.5 Å². The fraction of sp³-hybridized carbons (Fsp3) is 0.793. The number of methoxy groups -OCH3 is 1. The number of hydrogen-bond acceptors (Lipinski definition) is 3. The standard InChI is InChI=1S/C29H42N2O2/c1-18(26(32)31-17-19-9-13-30-14-10-19)22-5-6-23-21-15-25(33-4)29-16-20(29)7-12-28(29,3)24(21)8-11-27(22,23)2/h9-10,13-14,18,20-25H,5-8,11-12,15-17H2,1-4H3,(H,31,32)/t18-,20+,21-,22+,23-,24-,25?,27+,28+,29?/m0/s1. The molecule has 1 N–H and O–H groups in total. The quantitative estimate of drug-likeness (QED) is 0.634. The van der Waals surface area contributed by atoms with Gasteiger partial charge in [0.2, 0.25) is 5.91 Å². The van der Waals surface area contributed by atoms with Gasteiger partial charge in [0, 0.05) is 37.4 Å². The molecule has 10 atom stereocenters. The highest BCUT2D eigenvalue weighted by Crippen LogP contribution is 2.82. The van der Waals surface area contributed by atoms with E-state index in [1.165, 1.54) is 51.4 Å². The molecule has 4 nitrogen and oxygen atoms in total. The van der Waals surface area contributed by atoms with Gasteiger partial charge in [0.25, 0.3) is 0 Å². The van der Waals surface area contributed by atoms with Crippen LogP contribution in [0.2, 0.25) is 0 Å². The molecular formula is C29H42N2O2. The zero-order valence-corrected chi connectivity index (χ0v) is 21.0. The minimum atomic E-state index is 0.0708. The lowest BCUT2D eigenvalue weighted by Gasteiger charge is -2.61. The highest BCUT2D eigenvalue weighted by molar-refractivity contribution is 5.78. The van der Waals surface area contributed by atoms with Crippen LogP contribution in [0.1, 0.15) is 77.7 Å². The molecule has 2 unspecified atom stereocenters. The van der Waals surface area contributed by atoms with Gasteiger partial charge in [-0.25, -0.2) is 0 Å². The topological polar surface area (TPSA) is 51.2 Å². The van der Waals surface area contributed by atoms with Crippen LogP contribution in [0.25, 0.3) is 0 Å². The second-order valence-electron chi connectivity index (χ2n) is 12.8. The summed E-state index contributed by atoms with van der Waals surface area (Å²) in [5, 5.41) is 3.22. The lowest BCUT2D eigenvalue weighted by atomic mass is 9.45. The molecule has 0 saturated heterocycles. The average molecular weight is 451 g/mol. The second-order valence-corrected chi connectivity index (χ2v) is 12.8. The van der Waals surface area contributed by atoms with E-state index >= 15 is 0 Å². The highest BCUT2D eigenvalue weighted by atomic mass is 16.5. The van der Waals surface area contributed by atoms with E-state index in [0.717, 1.165) is 29.2 Å². The molecule has 5 aliphatic carbocycles. The van der Waals surface area contributed by atoms with Gasteiger partial charge in [-0.3, -0.25) is 9.78 Å². The first kappa shape index (κ1) is 22.1. The molecule has 1 aromatic rings. The number of nitrogens with zero attached hydrogens (tertiary/aromatic N) is 1. The Morgan fingerprint density at radius 2 is 1.94 bits per heavy atom. The van der Waals surface area contributed by atoms with Crippen LogP contribution < -0.4 is 5.32 Å². The Kier molecular flexibility index (Phi) is 5.04. The molecule has 4 heteroatoms. The van der Waals surface area contributed by atoms with Crippen LogP contribution in [0.5, 0.6) is 0 Å². The molecule has 5 aliphatic rings. The van der Waals surface area contributed by atoms with Crippen LogP contribution in [-0.2, 0) is 16.1 Å². The Hall–Kier alpha value is -1.42. The lowest BCUT2D eigenvalue weighted by molar-refractivity contribution is -0.162. The molecule has 0 aromatic carbocycles. The van der Waals surface area contributed by atoms with Crippen LogP contribution >= 0.6 is 0 Å². The van der Waals surface area contributed by atoms with Crippen LogP contribution in [0, 0.1) is 51.8 Å². The Morgan fingerprint density at radius 3 is 2.67 bits per heavy atom. The molecule has 0 bridgehead atoms. The molecular weight excluding hydrogens is 408 g/mol.